The van der Waals surface area contributed by atoms with Crippen molar-refractivity contribution >= 4 is 40.9 Å². The first kappa shape index (κ1) is 23.3. The molecule has 1 N–H and O–H groups in total. The Balaban J connectivity index is 1.64. The third kappa shape index (κ3) is 6.10. The number of imidazole rings is 1. The van der Waals surface area contributed by atoms with Gasteiger partial charge in [-0.25, -0.2) is 14.6 Å². The summed E-state index contributed by atoms with van der Waals surface area (Å²) in [4.78, 5) is 41.3. The minimum Gasteiger partial charge on any atom is -0.462 e. The van der Waals surface area contributed by atoms with Crippen LogP contribution in [-0.2, 0) is 20.0 Å². The monoisotopic (exact) mass is 455 g/mol. The number of benzene rings is 1. The van der Waals surface area contributed by atoms with Crippen molar-refractivity contribution in [2.45, 2.75) is 26.5 Å². The Bertz CT molecular complexity index is 1110. The van der Waals surface area contributed by atoms with Gasteiger partial charge >= 0.3 is 11.9 Å². The van der Waals surface area contributed by atoms with E-state index in [-0.39, 0.29) is 36.0 Å². The Labute approximate surface area is 190 Å². The van der Waals surface area contributed by atoms with Crippen LogP contribution in [-0.4, -0.2) is 46.2 Å². The third-order valence-corrected chi connectivity index (χ3v) is 5.34. The highest BCUT2D eigenvalue weighted by atomic mass is 32.2. The zero-order valence-electron chi connectivity index (χ0n) is 18.2. The fourth-order valence-electron chi connectivity index (χ4n) is 3.03. The summed E-state index contributed by atoms with van der Waals surface area (Å²) >= 11 is 1.42. The number of thioether (sulfide) groups is 1. The molecular formula is C23H25N3O5S. The maximum Gasteiger partial charge on any atom is 0.338 e. The number of aryl methyl sites for hydroxylation is 1. The summed E-state index contributed by atoms with van der Waals surface area (Å²) in [7, 11) is 0. The quantitative estimate of drug-likeness (QED) is 0.489. The first-order valence-corrected chi connectivity index (χ1v) is 11.4. The number of amides is 1. The molecule has 8 nitrogen and oxygen atoms in total. The molecule has 1 amide bonds. The van der Waals surface area contributed by atoms with Crippen molar-refractivity contribution in [3.8, 4) is 0 Å². The molecule has 0 aliphatic carbocycles. The van der Waals surface area contributed by atoms with E-state index in [1.807, 2.05) is 35.9 Å². The van der Waals surface area contributed by atoms with Crippen molar-refractivity contribution in [1.29, 1.82) is 0 Å². The molecule has 0 aliphatic rings. The molecule has 0 saturated heterocycles. The van der Waals surface area contributed by atoms with E-state index < -0.39 is 11.9 Å². The average molecular weight is 456 g/mol. The van der Waals surface area contributed by atoms with E-state index in [0.717, 1.165) is 16.9 Å². The maximum atomic E-state index is 12.4. The van der Waals surface area contributed by atoms with Crippen molar-refractivity contribution in [3.05, 3.63) is 65.1 Å². The molecule has 0 spiro atoms. The van der Waals surface area contributed by atoms with Crippen LogP contribution in [0.25, 0.3) is 5.65 Å². The standard InChI is InChI=1S/C23H25N3O5S/c1-4-30-22(28)16-8-17(23(29)31-5-2)10-18(9-16)25-21(27)14-32-13-19-12-26-11-15(3)6-7-20(26)24-19/h6-12H,4-5,13-14H2,1-3H3,(H,25,27). The van der Waals surface area contributed by atoms with E-state index in [1.165, 1.54) is 30.0 Å². The Morgan fingerprint density at radius 3 is 2.28 bits per heavy atom. The van der Waals surface area contributed by atoms with Crippen molar-refractivity contribution < 1.29 is 23.9 Å². The molecule has 0 bridgehead atoms. The first-order valence-electron chi connectivity index (χ1n) is 10.2. The summed E-state index contributed by atoms with van der Waals surface area (Å²) in [6, 6.07) is 8.31. The van der Waals surface area contributed by atoms with Gasteiger partial charge in [-0.15, -0.1) is 11.8 Å². The zero-order valence-corrected chi connectivity index (χ0v) is 19.0. The highest BCUT2D eigenvalue weighted by Crippen LogP contribution is 2.19. The molecule has 2 aromatic heterocycles. The number of ether oxygens (including phenoxy) is 2. The molecular weight excluding hydrogens is 430 g/mol. The number of fused-ring (bicyclic) bond motifs is 1. The fraction of sp³-hybridized carbons (Fsp3) is 0.304. The zero-order chi connectivity index (χ0) is 23.1. The molecule has 1 aromatic carbocycles. The Morgan fingerprint density at radius 2 is 1.66 bits per heavy atom. The summed E-state index contributed by atoms with van der Waals surface area (Å²) in [5.74, 6) is -0.655. The number of hydrogen-bond acceptors (Lipinski definition) is 7. The van der Waals surface area contributed by atoms with Crippen LogP contribution < -0.4 is 5.32 Å². The summed E-state index contributed by atoms with van der Waals surface area (Å²) < 4.78 is 12.0. The molecule has 0 atom stereocenters. The number of carbonyl (C=O) groups excluding carboxylic acids is 3. The van der Waals surface area contributed by atoms with Crippen LogP contribution in [0, 0.1) is 6.92 Å². The maximum absolute atomic E-state index is 12.4. The predicted octanol–water partition coefficient (Wildman–Crippen LogP) is 3.87. The smallest absolute Gasteiger partial charge is 0.338 e. The molecule has 2 heterocycles. The highest BCUT2D eigenvalue weighted by Gasteiger charge is 2.16. The number of anilines is 1. The van der Waals surface area contributed by atoms with E-state index in [4.69, 9.17) is 9.47 Å². The van der Waals surface area contributed by atoms with E-state index >= 15 is 0 Å². The molecule has 168 valence electrons. The van der Waals surface area contributed by atoms with Gasteiger partial charge in [-0.3, -0.25) is 4.79 Å². The molecule has 0 unspecified atom stereocenters. The second kappa shape index (κ2) is 10.8. The molecule has 32 heavy (non-hydrogen) atoms. The van der Waals surface area contributed by atoms with Gasteiger partial charge in [-0.2, -0.15) is 0 Å². The molecule has 9 heteroatoms. The second-order valence-corrected chi connectivity index (χ2v) is 7.97. The van der Waals surface area contributed by atoms with Crippen LogP contribution in [0.4, 0.5) is 5.69 Å². The normalized spacial score (nSPS) is 10.7. The SMILES string of the molecule is CCOC(=O)c1cc(NC(=O)CSCc2cn3cc(C)ccc3n2)cc(C(=O)OCC)c1. The number of carbonyl (C=O) groups is 3. The van der Waals surface area contributed by atoms with E-state index in [1.54, 1.807) is 13.8 Å². The van der Waals surface area contributed by atoms with Crippen LogP contribution in [0.3, 0.4) is 0 Å². The Hall–Kier alpha value is -3.33. The minimum absolute atomic E-state index is 0.167. The van der Waals surface area contributed by atoms with Crippen molar-refractivity contribution in [1.82, 2.24) is 9.38 Å². The van der Waals surface area contributed by atoms with Gasteiger partial charge in [0.25, 0.3) is 0 Å². The van der Waals surface area contributed by atoms with E-state index in [9.17, 15) is 14.4 Å². The number of nitrogens with zero attached hydrogens (tertiary/aromatic N) is 2. The van der Waals surface area contributed by atoms with Crippen molar-refractivity contribution in [3.63, 3.8) is 0 Å². The molecule has 0 fully saturated rings. The number of hydrogen-bond donors (Lipinski definition) is 1. The number of aromatic nitrogens is 2. The van der Waals surface area contributed by atoms with Gasteiger partial charge < -0.3 is 19.2 Å². The number of pyridine rings is 1. The Morgan fingerprint density at radius 1 is 1.00 bits per heavy atom. The van der Waals surface area contributed by atoms with Gasteiger partial charge in [0, 0.05) is 23.8 Å². The molecule has 3 aromatic rings. The second-order valence-electron chi connectivity index (χ2n) is 6.99. The van der Waals surface area contributed by atoms with Crippen LogP contribution in [0.15, 0.2) is 42.7 Å². The number of nitrogens with one attached hydrogen (secondary N) is 1. The highest BCUT2D eigenvalue weighted by molar-refractivity contribution is 7.99. The lowest BCUT2D eigenvalue weighted by Gasteiger charge is -2.10. The van der Waals surface area contributed by atoms with E-state index in [2.05, 4.69) is 10.3 Å². The van der Waals surface area contributed by atoms with Gasteiger partial charge in [0.15, 0.2) is 0 Å². The average Bonchev–Trinajstić information content (AvgIpc) is 3.15. The molecule has 0 aliphatic heterocycles. The lowest BCUT2D eigenvalue weighted by molar-refractivity contribution is -0.113. The van der Waals surface area contributed by atoms with Gasteiger partial charge in [0.2, 0.25) is 5.91 Å². The van der Waals surface area contributed by atoms with Crippen molar-refractivity contribution in [2.75, 3.05) is 24.3 Å². The number of rotatable bonds is 9. The fourth-order valence-corrected chi connectivity index (χ4v) is 3.74. The van der Waals surface area contributed by atoms with Gasteiger partial charge in [-0.1, -0.05) is 6.07 Å². The topological polar surface area (TPSA) is 99.0 Å². The molecule has 0 radical (unpaired) electrons. The Kier molecular flexibility index (Phi) is 7.88. The van der Waals surface area contributed by atoms with Gasteiger partial charge in [-0.05, 0) is 50.6 Å². The summed E-state index contributed by atoms with van der Waals surface area (Å²) in [6.07, 6.45) is 3.95. The van der Waals surface area contributed by atoms with Crippen molar-refractivity contribution in [2.24, 2.45) is 0 Å². The first-order chi connectivity index (χ1) is 15.4. The van der Waals surface area contributed by atoms with E-state index in [0.29, 0.717) is 11.4 Å². The van der Waals surface area contributed by atoms with Crippen LogP contribution in [0.5, 0.6) is 0 Å². The largest absolute Gasteiger partial charge is 0.462 e. The van der Waals surface area contributed by atoms with Crippen LogP contribution in [0.1, 0.15) is 45.8 Å². The van der Waals surface area contributed by atoms with Gasteiger partial charge in [0.1, 0.15) is 5.65 Å². The lowest BCUT2D eigenvalue weighted by atomic mass is 10.1. The summed E-state index contributed by atoms with van der Waals surface area (Å²) in [5.41, 5.74) is 3.54. The third-order valence-electron chi connectivity index (χ3n) is 4.37. The van der Waals surface area contributed by atoms with Crippen LogP contribution in [0.2, 0.25) is 0 Å². The van der Waals surface area contributed by atoms with Gasteiger partial charge in [0.05, 0.1) is 35.8 Å². The molecule has 0 saturated carbocycles. The predicted molar refractivity (Wildman–Crippen MR) is 123 cm³/mol. The van der Waals surface area contributed by atoms with Crippen LogP contribution >= 0.6 is 11.8 Å². The minimum atomic E-state index is -0.578. The summed E-state index contributed by atoms with van der Waals surface area (Å²) in [5, 5.41) is 2.74. The molecule has 3 rings (SSSR count). The summed E-state index contributed by atoms with van der Waals surface area (Å²) in [6.45, 7) is 5.80. The lowest BCUT2D eigenvalue weighted by Crippen LogP contribution is -2.16. The number of esters is 2.